The summed E-state index contributed by atoms with van der Waals surface area (Å²) in [5.74, 6) is 0.307. The zero-order valence-corrected chi connectivity index (χ0v) is 27.3. The van der Waals surface area contributed by atoms with E-state index < -0.39 is 28.5 Å². The molecule has 44 heavy (non-hydrogen) atoms. The van der Waals surface area contributed by atoms with Gasteiger partial charge in [-0.1, -0.05) is 36.8 Å². The predicted octanol–water partition coefficient (Wildman–Crippen LogP) is 4.94. The van der Waals surface area contributed by atoms with Gasteiger partial charge in [0.2, 0.25) is 11.8 Å². The second-order valence-corrected chi connectivity index (χ2v) is 12.4. The minimum atomic E-state index is -4.31. The van der Waals surface area contributed by atoms with Gasteiger partial charge in [-0.25, -0.2) is 8.42 Å². The molecule has 0 radical (unpaired) electrons. The van der Waals surface area contributed by atoms with Gasteiger partial charge in [-0.15, -0.1) is 0 Å². The molecule has 0 spiro atoms. The highest BCUT2D eigenvalue weighted by Gasteiger charge is 2.34. The molecule has 0 saturated carbocycles. The number of carbonyl (C=O) groups is 2. The molecule has 10 nitrogen and oxygen atoms in total. The Morgan fingerprint density at radius 3 is 2.07 bits per heavy atom. The van der Waals surface area contributed by atoms with Crippen LogP contribution < -0.4 is 23.8 Å². The fraction of sp³-hybridized carbons (Fsp3) is 0.394. The number of nitrogens with zero attached hydrogens (tertiary/aromatic N) is 2. The second-order valence-electron chi connectivity index (χ2n) is 10.5. The van der Waals surface area contributed by atoms with Crippen molar-refractivity contribution in [1.29, 1.82) is 0 Å². The van der Waals surface area contributed by atoms with Crippen molar-refractivity contribution >= 4 is 27.5 Å². The number of benzene rings is 3. The van der Waals surface area contributed by atoms with Gasteiger partial charge in [-0.3, -0.25) is 13.9 Å². The molecule has 0 bridgehead atoms. The molecule has 0 aliphatic rings. The molecule has 2 amide bonds. The predicted molar refractivity (Wildman–Crippen MR) is 171 cm³/mol. The van der Waals surface area contributed by atoms with Gasteiger partial charge in [-0.05, 0) is 76.1 Å². The van der Waals surface area contributed by atoms with Gasteiger partial charge in [0.25, 0.3) is 10.0 Å². The topological polar surface area (TPSA) is 114 Å². The van der Waals surface area contributed by atoms with Crippen LogP contribution in [0.15, 0.2) is 71.6 Å². The number of hydrogen-bond acceptors (Lipinski definition) is 7. The summed E-state index contributed by atoms with van der Waals surface area (Å²) >= 11 is 0. The fourth-order valence-corrected chi connectivity index (χ4v) is 6.13. The zero-order valence-electron chi connectivity index (χ0n) is 26.5. The average Bonchev–Trinajstić information content (AvgIpc) is 3.00. The Labute approximate surface area is 261 Å². The summed E-state index contributed by atoms with van der Waals surface area (Å²) in [6.07, 6.45) is 0.335. The summed E-state index contributed by atoms with van der Waals surface area (Å²) < 4.78 is 45.7. The number of sulfonamides is 1. The molecule has 3 aromatic rings. The van der Waals surface area contributed by atoms with Crippen molar-refractivity contribution in [2.45, 2.75) is 64.6 Å². The van der Waals surface area contributed by atoms with Gasteiger partial charge in [0.05, 0.1) is 31.4 Å². The molecule has 0 heterocycles. The van der Waals surface area contributed by atoms with Crippen molar-refractivity contribution in [3.63, 3.8) is 0 Å². The highest BCUT2D eigenvalue weighted by molar-refractivity contribution is 7.92. The first-order valence-electron chi connectivity index (χ1n) is 14.6. The van der Waals surface area contributed by atoms with Gasteiger partial charge in [-0.2, -0.15) is 0 Å². The smallest absolute Gasteiger partial charge is 0.264 e. The Balaban J connectivity index is 2.11. The van der Waals surface area contributed by atoms with Gasteiger partial charge in [0.1, 0.15) is 18.3 Å². The van der Waals surface area contributed by atoms with Crippen LogP contribution in [-0.4, -0.2) is 64.6 Å². The lowest BCUT2D eigenvalue weighted by Gasteiger charge is -2.33. The Morgan fingerprint density at radius 2 is 1.52 bits per heavy atom. The van der Waals surface area contributed by atoms with Crippen LogP contribution in [-0.2, 0) is 26.2 Å². The van der Waals surface area contributed by atoms with E-state index in [2.05, 4.69) is 5.32 Å². The maximum Gasteiger partial charge on any atom is 0.264 e. The molecule has 0 aliphatic carbocycles. The third-order valence-corrected chi connectivity index (χ3v) is 8.72. The quantitative estimate of drug-likeness (QED) is 0.255. The van der Waals surface area contributed by atoms with Gasteiger partial charge in [0.15, 0.2) is 11.5 Å². The number of carbonyl (C=O) groups excluding carboxylic acids is 2. The lowest BCUT2D eigenvalue weighted by Crippen LogP contribution is -2.53. The number of methoxy groups -OCH3 is 2. The molecular formula is C33H43N3O7S. The van der Waals surface area contributed by atoms with Crippen molar-refractivity contribution in [3.8, 4) is 17.2 Å². The summed E-state index contributed by atoms with van der Waals surface area (Å²) in [6.45, 7) is 9.34. The molecule has 0 aromatic heterocycles. The molecule has 1 unspecified atom stereocenters. The van der Waals surface area contributed by atoms with Crippen molar-refractivity contribution in [1.82, 2.24) is 10.2 Å². The van der Waals surface area contributed by atoms with Crippen LogP contribution in [0, 0.1) is 6.92 Å². The first kappa shape index (κ1) is 34.2. The number of nitrogens with one attached hydrogen (secondary N) is 1. The van der Waals surface area contributed by atoms with Crippen LogP contribution in [0.2, 0.25) is 0 Å². The summed E-state index contributed by atoms with van der Waals surface area (Å²) in [6, 6.07) is 17.4. The minimum absolute atomic E-state index is 0.0912. The standard InChI is InChI=1S/C33H43N3O7S/c1-8-29(33(38)34-23(3)4)35(21-25-12-10-24(5)11-13-25)32(37)22-36(26-14-16-27(17-15-26)43-9-2)44(39,40)28-18-19-30(41-6)31(20-28)42-7/h10-20,23,29H,8-9,21-22H2,1-7H3,(H,34,38). The summed E-state index contributed by atoms with van der Waals surface area (Å²) in [4.78, 5) is 28.9. The molecule has 0 aliphatic heterocycles. The number of aryl methyl sites for hydroxylation is 1. The third kappa shape index (κ3) is 8.43. The number of ether oxygens (including phenoxy) is 3. The Kier molecular flexibility index (Phi) is 12.0. The molecule has 3 rings (SSSR count). The maximum absolute atomic E-state index is 14.2. The molecule has 1 atom stereocenters. The third-order valence-electron chi connectivity index (χ3n) is 6.95. The van der Waals surface area contributed by atoms with Crippen molar-refractivity contribution < 1.29 is 32.2 Å². The first-order chi connectivity index (χ1) is 20.9. The molecular weight excluding hydrogens is 582 g/mol. The largest absolute Gasteiger partial charge is 0.494 e. The molecule has 11 heteroatoms. The molecule has 1 N–H and O–H groups in total. The van der Waals surface area contributed by atoms with Crippen molar-refractivity contribution in [2.75, 3.05) is 31.7 Å². The molecule has 0 fully saturated rings. The minimum Gasteiger partial charge on any atom is -0.494 e. The summed E-state index contributed by atoms with van der Waals surface area (Å²) in [5.41, 5.74) is 2.13. The van der Waals surface area contributed by atoms with Crippen molar-refractivity contribution in [2.24, 2.45) is 0 Å². The number of anilines is 1. The van der Waals surface area contributed by atoms with E-state index in [0.717, 1.165) is 15.4 Å². The first-order valence-corrected chi connectivity index (χ1v) is 16.0. The van der Waals surface area contributed by atoms with E-state index in [-0.39, 0.29) is 34.8 Å². The Morgan fingerprint density at radius 1 is 0.886 bits per heavy atom. The van der Waals surface area contributed by atoms with Gasteiger partial charge in [0, 0.05) is 18.7 Å². The SMILES string of the molecule is CCOc1ccc(N(CC(=O)N(Cc2ccc(C)cc2)C(CC)C(=O)NC(C)C)S(=O)(=O)c2ccc(OC)c(OC)c2)cc1. The second kappa shape index (κ2) is 15.5. The van der Waals surface area contributed by atoms with Crippen LogP contribution in [0.4, 0.5) is 5.69 Å². The van der Waals surface area contributed by atoms with E-state index in [1.165, 1.54) is 37.3 Å². The molecule has 0 saturated heterocycles. The maximum atomic E-state index is 14.2. The van der Waals surface area contributed by atoms with Crippen LogP contribution in [0.3, 0.4) is 0 Å². The van der Waals surface area contributed by atoms with E-state index in [1.54, 1.807) is 24.3 Å². The van der Waals surface area contributed by atoms with E-state index in [4.69, 9.17) is 14.2 Å². The van der Waals surface area contributed by atoms with E-state index in [1.807, 2.05) is 58.9 Å². The van der Waals surface area contributed by atoms with Crippen LogP contribution in [0.1, 0.15) is 45.2 Å². The highest BCUT2D eigenvalue weighted by Crippen LogP contribution is 2.33. The number of rotatable bonds is 15. The highest BCUT2D eigenvalue weighted by atomic mass is 32.2. The van der Waals surface area contributed by atoms with E-state index in [0.29, 0.717) is 24.5 Å². The lowest BCUT2D eigenvalue weighted by molar-refractivity contribution is -0.140. The number of hydrogen-bond donors (Lipinski definition) is 1. The monoisotopic (exact) mass is 625 g/mol. The van der Waals surface area contributed by atoms with Gasteiger partial charge < -0.3 is 24.4 Å². The molecule has 238 valence electrons. The van der Waals surface area contributed by atoms with Gasteiger partial charge >= 0.3 is 0 Å². The number of amides is 2. The van der Waals surface area contributed by atoms with Crippen LogP contribution >= 0.6 is 0 Å². The normalized spacial score (nSPS) is 11.9. The summed E-state index contributed by atoms with van der Waals surface area (Å²) in [7, 11) is -1.43. The molecule has 3 aromatic carbocycles. The Bertz CT molecular complexity index is 1510. The van der Waals surface area contributed by atoms with Crippen LogP contribution in [0.5, 0.6) is 17.2 Å². The van der Waals surface area contributed by atoms with Crippen molar-refractivity contribution in [3.05, 3.63) is 77.9 Å². The van der Waals surface area contributed by atoms with E-state index in [9.17, 15) is 18.0 Å². The Hall–Kier alpha value is -4.25. The lowest BCUT2D eigenvalue weighted by atomic mass is 10.1. The fourth-order valence-electron chi connectivity index (χ4n) is 4.70. The average molecular weight is 626 g/mol. The van der Waals surface area contributed by atoms with Crippen LogP contribution in [0.25, 0.3) is 0 Å². The van der Waals surface area contributed by atoms with E-state index >= 15 is 0 Å². The summed E-state index contributed by atoms with van der Waals surface area (Å²) in [5, 5.41) is 2.90. The zero-order chi connectivity index (χ0) is 32.4.